The quantitative estimate of drug-likeness (QED) is 0.334. The van der Waals surface area contributed by atoms with Crippen molar-refractivity contribution in [3.63, 3.8) is 0 Å². The van der Waals surface area contributed by atoms with Gasteiger partial charge in [0.15, 0.2) is 12.7 Å². The van der Waals surface area contributed by atoms with Gasteiger partial charge in [0.2, 0.25) is 0 Å². The van der Waals surface area contributed by atoms with Crippen LogP contribution in [0.4, 0.5) is 0 Å². The van der Waals surface area contributed by atoms with Gasteiger partial charge in [-0.3, -0.25) is 9.59 Å². The molecule has 1 unspecified atom stereocenters. The molecule has 0 aromatic heterocycles. The van der Waals surface area contributed by atoms with Crippen LogP contribution < -0.4 is 0 Å². The van der Waals surface area contributed by atoms with E-state index in [1.807, 2.05) is 6.92 Å². The van der Waals surface area contributed by atoms with Crippen LogP contribution in [-0.4, -0.2) is 25.7 Å². The van der Waals surface area contributed by atoms with E-state index in [1.54, 1.807) is 0 Å². The number of hydrogen-bond donors (Lipinski definition) is 0. The molecule has 0 spiro atoms. The Morgan fingerprint density at radius 2 is 2.17 bits per heavy atom. The largest absolute Gasteiger partial charge is 0.455 e. The normalized spacial score (nSPS) is 10.4. The van der Waals surface area contributed by atoms with Crippen LogP contribution in [0.1, 0.15) is 13.3 Å². The summed E-state index contributed by atoms with van der Waals surface area (Å²) in [5.41, 5.74) is 0. The Bertz CT molecular complexity index is 189. The van der Waals surface area contributed by atoms with E-state index in [1.165, 1.54) is 0 Å². The van der Waals surface area contributed by atoms with E-state index < -0.39 is 6.10 Å². The Labute approximate surface area is 70.8 Å². The molecular formula is C8H10O4. The third kappa shape index (κ3) is 5.30. The summed E-state index contributed by atoms with van der Waals surface area (Å²) in [6.45, 7) is 2.53. The average Bonchev–Trinajstić information content (AvgIpc) is 2.10. The Morgan fingerprint density at radius 3 is 2.67 bits per heavy atom. The van der Waals surface area contributed by atoms with Crippen LogP contribution in [0.5, 0.6) is 0 Å². The van der Waals surface area contributed by atoms with E-state index in [4.69, 9.17) is 0 Å². The van der Waals surface area contributed by atoms with Crippen molar-refractivity contribution in [3.05, 3.63) is 0 Å². The SMILES string of the molecule is CCC(C#CCOC=O)OC=O. The zero-order chi connectivity index (χ0) is 9.23. The van der Waals surface area contributed by atoms with E-state index in [9.17, 15) is 9.59 Å². The van der Waals surface area contributed by atoms with E-state index >= 15 is 0 Å². The molecular weight excluding hydrogens is 160 g/mol. The molecule has 0 aromatic rings. The van der Waals surface area contributed by atoms with Gasteiger partial charge in [0.1, 0.15) is 0 Å². The van der Waals surface area contributed by atoms with Crippen molar-refractivity contribution in [1.82, 2.24) is 0 Å². The molecule has 0 N–H and O–H groups in total. The summed E-state index contributed by atoms with van der Waals surface area (Å²) >= 11 is 0. The zero-order valence-corrected chi connectivity index (χ0v) is 6.78. The molecule has 0 radical (unpaired) electrons. The lowest BCUT2D eigenvalue weighted by Crippen LogP contribution is -2.07. The van der Waals surface area contributed by atoms with E-state index in [0.29, 0.717) is 19.4 Å². The third-order valence-corrected chi connectivity index (χ3v) is 1.08. The van der Waals surface area contributed by atoms with Gasteiger partial charge in [0.05, 0.1) is 0 Å². The van der Waals surface area contributed by atoms with Gasteiger partial charge in [-0.1, -0.05) is 18.8 Å². The smallest absolute Gasteiger partial charge is 0.294 e. The Hall–Kier alpha value is -1.50. The predicted molar refractivity (Wildman–Crippen MR) is 41.0 cm³/mol. The molecule has 0 bridgehead atoms. The predicted octanol–water partition coefficient (Wildman–Crippen LogP) is 0.114. The molecule has 0 aliphatic heterocycles. The summed E-state index contributed by atoms with van der Waals surface area (Å²) < 4.78 is 8.88. The van der Waals surface area contributed by atoms with Gasteiger partial charge in [-0.05, 0) is 6.42 Å². The van der Waals surface area contributed by atoms with Crippen LogP contribution in [0.25, 0.3) is 0 Å². The number of hydrogen-bond acceptors (Lipinski definition) is 4. The first kappa shape index (κ1) is 10.5. The second-order valence-electron chi connectivity index (χ2n) is 1.86. The van der Waals surface area contributed by atoms with Crippen LogP contribution >= 0.6 is 0 Å². The molecule has 4 nitrogen and oxygen atoms in total. The standard InChI is InChI=1S/C8H10O4/c1-2-8(12-7-10)4-3-5-11-6-9/h6-8H,2,5H2,1H3. The maximum Gasteiger partial charge on any atom is 0.294 e. The maximum absolute atomic E-state index is 9.89. The molecule has 0 saturated carbocycles. The van der Waals surface area contributed by atoms with Crippen LogP contribution in [0.15, 0.2) is 0 Å². The third-order valence-electron chi connectivity index (χ3n) is 1.08. The molecule has 4 heteroatoms. The molecule has 0 amide bonds. The molecule has 0 aromatic carbocycles. The highest BCUT2D eigenvalue weighted by Crippen LogP contribution is 1.92. The van der Waals surface area contributed by atoms with Crippen molar-refractivity contribution >= 4 is 12.9 Å². The molecule has 12 heavy (non-hydrogen) atoms. The van der Waals surface area contributed by atoms with Gasteiger partial charge in [-0.15, -0.1) is 0 Å². The topological polar surface area (TPSA) is 52.6 Å². The minimum Gasteiger partial charge on any atom is -0.455 e. The van der Waals surface area contributed by atoms with Crippen molar-refractivity contribution in [2.45, 2.75) is 19.4 Å². The zero-order valence-electron chi connectivity index (χ0n) is 6.78. The first-order valence-electron chi connectivity index (χ1n) is 3.47. The summed E-state index contributed by atoms with van der Waals surface area (Å²) in [6.07, 6.45) is 0.213. The maximum atomic E-state index is 9.89. The lowest BCUT2D eigenvalue weighted by molar-refractivity contribution is -0.131. The molecule has 0 rings (SSSR count). The Morgan fingerprint density at radius 1 is 1.42 bits per heavy atom. The first-order chi connectivity index (χ1) is 5.85. The van der Waals surface area contributed by atoms with E-state index in [2.05, 4.69) is 21.3 Å². The van der Waals surface area contributed by atoms with Gasteiger partial charge < -0.3 is 9.47 Å². The minimum atomic E-state index is -0.405. The fourth-order valence-corrected chi connectivity index (χ4v) is 0.531. The van der Waals surface area contributed by atoms with Crippen molar-refractivity contribution in [1.29, 1.82) is 0 Å². The Kier molecular flexibility index (Phi) is 6.65. The van der Waals surface area contributed by atoms with E-state index in [0.717, 1.165) is 0 Å². The number of ether oxygens (including phenoxy) is 2. The first-order valence-corrected chi connectivity index (χ1v) is 3.47. The fraction of sp³-hybridized carbons (Fsp3) is 0.500. The van der Waals surface area contributed by atoms with Crippen molar-refractivity contribution < 1.29 is 19.1 Å². The van der Waals surface area contributed by atoms with Gasteiger partial charge in [0.25, 0.3) is 12.9 Å². The lowest BCUT2D eigenvalue weighted by atomic mass is 10.3. The van der Waals surface area contributed by atoms with Crippen LogP contribution in [-0.2, 0) is 19.1 Å². The summed E-state index contributed by atoms with van der Waals surface area (Å²) in [5.74, 6) is 5.15. The molecule has 66 valence electrons. The molecule has 1 atom stereocenters. The van der Waals surface area contributed by atoms with Gasteiger partial charge >= 0.3 is 0 Å². The molecule has 0 aliphatic rings. The van der Waals surface area contributed by atoms with Gasteiger partial charge in [0, 0.05) is 0 Å². The monoisotopic (exact) mass is 170 g/mol. The highest BCUT2D eigenvalue weighted by molar-refractivity contribution is 5.39. The second kappa shape index (κ2) is 7.61. The van der Waals surface area contributed by atoms with Gasteiger partial charge in [-0.25, -0.2) is 0 Å². The van der Waals surface area contributed by atoms with Crippen molar-refractivity contribution in [3.8, 4) is 11.8 Å². The lowest BCUT2D eigenvalue weighted by Gasteiger charge is -2.02. The minimum absolute atomic E-state index is 0.0300. The molecule has 0 fully saturated rings. The summed E-state index contributed by atoms with van der Waals surface area (Å²) in [7, 11) is 0. The molecule has 0 aliphatic carbocycles. The van der Waals surface area contributed by atoms with Crippen LogP contribution in [0, 0.1) is 11.8 Å². The Balaban J connectivity index is 3.70. The van der Waals surface area contributed by atoms with Gasteiger partial charge in [-0.2, -0.15) is 0 Å². The highest BCUT2D eigenvalue weighted by Gasteiger charge is 1.98. The fourth-order valence-electron chi connectivity index (χ4n) is 0.531. The van der Waals surface area contributed by atoms with Crippen LogP contribution in [0.3, 0.4) is 0 Å². The summed E-state index contributed by atoms with van der Waals surface area (Å²) in [5, 5.41) is 0. The molecule has 0 saturated heterocycles. The summed E-state index contributed by atoms with van der Waals surface area (Å²) in [6, 6.07) is 0. The number of rotatable bonds is 5. The second-order valence-corrected chi connectivity index (χ2v) is 1.86. The van der Waals surface area contributed by atoms with Crippen molar-refractivity contribution in [2.24, 2.45) is 0 Å². The number of carbonyl (C=O) groups is 2. The van der Waals surface area contributed by atoms with Crippen molar-refractivity contribution in [2.75, 3.05) is 6.61 Å². The summed E-state index contributed by atoms with van der Waals surface area (Å²) in [4.78, 5) is 19.6. The van der Waals surface area contributed by atoms with E-state index in [-0.39, 0.29) is 6.61 Å². The average molecular weight is 170 g/mol. The highest BCUT2D eigenvalue weighted by atomic mass is 16.5. The number of carbonyl (C=O) groups excluding carboxylic acids is 2. The molecule has 0 heterocycles. The van der Waals surface area contributed by atoms with Crippen LogP contribution in [0.2, 0.25) is 0 Å².